The Labute approximate surface area is 145 Å². The van der Waals surface area contributed by atoms with Crippen LogP contribution in [0.25, 0.3) is 0 Å². The number of hydrogen-bond donors (Lipinski definition) is 1. The van der Waals surface area contributed by atoms with Crippen molar-refractivity contribution in [2.45, 2.75) is 23.5 Å². The number of nitrogens with one attached hydrogen (secondary N) is 1. The van der Waals surface area contributed by atoms with E-state index in [1.165, 1.54) is 15.6 Å². The molecule has 0 spiro atoms. The van der Waals surface area contributed by atoms with Gasteiger partial charge in [0, 0.05) is 32.0 Å². The number of rotatable bonds is 6. The minimum atomic E-state index is -3.41. The molecule has 2 aromatic heterocycles. The van der Waals surface area contributed by atoms with E-state index in [9.17, 15) is 13.2 Å². The largest absolute Gasteiger partial charge is 0.469 e. The summed E-state index contributed by atoms with van der Waals surface area (Å²) in [6, 6.07) is 7.05. The van der Waals surface area contributed by atoms with Gasteiger partial charge < -0.3 is 9.73 Å². The van der Waals surface area contributed by atoms with Crippen LogP contribution in [0, 0.1) is 5.92 Å². The fourth-order valence-corrected chi connectivity index (χ4v) is 5.42. The van der Waals surface area contributed by atoms with Crippen molar-refractivity contribution in [2.75, 3.05) is 19.6 Å². The topological polar surface area (TPSA) is 79.6 Å². The molecule has 130 valence electrons. The van der Waals surface area contributed by atoms with Gasteiger partial charge in [-0.25, -0.2) is 8.42 Å². The number of carbonyl (C=O) groups excluding carboxylic acids is 1. The maximum atomic E-state index is 12.5. The molecule has 3 heterocycles. The molecule has 0 bridgehead atoms. The fraction of sp³-hybridized carbons (Fsp3) is 0.438. The summed E-state index contributed by atoms with van der Waals surface area (Å²) in [6.45, 7) is 1.30. The molecule has 3 rings (SSSR count). The lowest BCUT2D eigenvalue weighted by Gasteiger charge is -2.30. The van der Waals surface area contributed by atoms with Gasteiger partial charge in [-0.1, -0.05) is 6.07 Å². The van der Waals surface area contributed by atoms with Crippen LogP contribution in [-0.4, -0.2) is 38.3 Å². The SMILES string of the molecule is O=C(NCCc1ccco1)C1CCN(S(=O)(=O)c2cccs2)CC1. The molecular formula is C16H20N2O4S2. The predicted molar refractivity (Wildman–Crippen MR) is 91.2 cm³/mol. The van der Waals surface area contributed by atoms with Crippen LogP contribution in [0.1, 0.15) is 18.6 Å². The second kappa shape index (κ2) is 7.50. The van der Waals surface area contributed by atoms with Gasteiger partial charge in [0.25, 0.3) is 10.0 Å². The summed E-state index contributed by atoms with van der Waals surface area (Å²) in [5.41, 5.74) is 0. The minimum absolute atomic E-state index is 0.00488. The molecule has 1 saturated heterocycles. The first kappa shape index (κ1) is 17.2. The van der Waals surface area contributed by atoms with Crippen LogP contribution in [0.15, 0.2) is 44.5 Å². The molecule has 8 heteroatoms. The molecule has 0 unspecified atom stereocenters. The van der Waals surface area contributed by atoms with E-state index in [-0.39, 0.29) is 11.8 Å². The summed E-state index contributed by atoms with van der Waals surface area (Å²) < 4.78 is 32.0. The quantitative estimate of drug-likeness (QED) is 0.847. The van der Waals surface area contributed by atoms with Crippen molar-refractivity contribution in [1.82, 2.24) is 9.62 Å². The molecule has 0 saturated carbocycles. The molecular weight excluding hydrogens is 348 g/mol. The van der Waals surface area contributed by atoms with Gasteiger partial charge in [-0.3, -0.25) is 4.79 Å². The van der Waals surface area contributed by atoms with E-state index in [2.05, 4.69) is 5.32 Å². The average Bonchev–Trinajstić information content (AvgIpc) is 3.29. The second-order valence-electron chi connectivity index (χ2n) is 5.73. The Morgan fingerprint density at radius 2 is 2.08 bits per heavy atom. The maximum Gasteiger partial charge on any atom is 0.252 e. The average molecular weight is 368 g/mol. The number of thiophene rings is 1. The number of amides is 1. The summed E-state index contributed by atoms with van der Waals surface area (Å²) in [6.07, 6.45) is 3.37. The van der Waals surface area contributed by atoms with Crippen molar-refractivity contribution >= 4 is 27.3 Å². The molecule has 6 nitrogen and oxygen atoms in total. The van der Waals surface area contributed by atoms with E-state index in [0.29, 0.717) is 43.1 Å². The summed E-state index contributed by atoms with van der Waals surface area (Å²) in [4.78, 5) is 12.2. The van der Waals surface area contributed by atoms with Gasteiger partial charge >= 0.3 is 0 Å². The highest BCUT2D eigenvalue weighted by atomic mass is 32.2. The Bertz CT molecular complexity index is 746. The lowest BCUT2D eigenvalue weighted by molar-refractivity contribution is -0.126. The second-order valence-corrected chi connectivity index (χ2v) is 8.84. The van der Waals surface area contributed by atoms with Gasteiger partial charge in [0.2, 0.25) is 5.91 Å². The van der Waals surface area contributed by atoms with Crippen LogP contribution >= 0.6 is 11.3 Å². The minimum Gasteiger partial charge on any atom is -0.469 e. The van der Waals surface area contributed by atoms with Gasteiger partial charge in [-0.15, -0.1) is 11.3 Å². The first-order valence-electron chi connectivity index (χ1n) is 7.91. The van der Waals surface area contributed by atoms with Crippen molar-refractivity contribution in [3.8, 4) is 0 Å². The molecule has 0 aliphatic carbocycles. The lowest BCUT2D eigenvalue weighted by Crippen LogP contribution is -2.43. The normalized spacial score (nSPS) is 17.0. The Hall–Kier alpha value is -1.64. The third kappa shape index (κ3) is 3.88. The van der Waals surface area contributed by atoms with Crippen molar-refractivity contribution in [1.29, 1.82) is 0 Å². The predicted octanol–water partition coefficient (Wildman–Crippen LogP) is 2.10. The van der Waals surface area contributed by atoms with Crippen LogP contribution in [-0.2, 0) is 21.2 Å². The third-order valence-corrected chi connectivity index (χ3v) is 7.44. The molecule has 1 amide bonds. The molecule has 2 aromatic rings. The van der Waals surface area contributed by atoms with Crippen LogP contribution < -0.4 is 5.32 Å². The van der Waals surface area contributed by atoms with Gasteiger partial charge in [-0.2, -0.15) is 4.31 Å². The van der Waals surface area contributed by atoms with Crippen molar-refractivity contribution in [2.24, 2.45) is 5.92 Å². The van der Waals surface area contributed by atoms with Crippen molar-refractivity contribution < 1.29 is 17.6 Å². The molecule has 0 aromatic carbocycles. The van der Waals surface area contributed by atoms with Crippen LogP contribution in [0.4, 0.5) is 0 Å². The highest BCUT2D eigenvalue weighted by Crippen LogP contribution is 2.26. The van der Waals surface area contributed by atoms with Gasteiger partial charge in [0.05, 0.1) is 6.26 Å². The van der Waals surface area contributed by atoms with Crippen molar-refractivity contribution in [3.05, 3.63) is 41.7 Å². The van der Waals surface area contributed by atoms with Crippen LogP contribution in [0.3, 0.4) is 0 Å². The van der Waals surface area contributed by atoms with Crippen LogP contribution in [0.5, 0.6) is 0 Å². The van der Waals surface area contributed by atoms with Gasteiger partial charge in [0.1, 0.15) is 9.97 Å². The van der Waals surface area contributed by atoms with E-state index >= 15 is 0 Å². The molecule has 1 fully saturated rings. The monoisotopic (exact) mass is 368 g/mol. The zero-order valence-electron chi connectivity index (χ0n) is 13.2. The number of furan rings is 1. The van der Waals surface area contributed by atoms with Gasteiger partial charge in [0.15, 0.2) is 0 Å². The number of carbonyl (C=O) groups is 1. The Morgan fingerprint density at radius 3 is 2.71 bits per heavy atom. The third-order valence-electron chi connectivity index (χ3n) is 4.16. The standard InChI is InChI=1S/C16H20N2O4S2/c19-16(17-8-5-14-3-1-11-22-14)13-6-9-18(10-7-13)24(20,21)15-4-2-12-23-15/h1-4,11-13H,5-10H2,(H,17,19). The molecule has 0 radical (unpaired) electrons. The molecule has 1 aliphatic heterocycles. The molecule has 1 aliphatic rings. The number of piperidine rings is 1. The van der Waals surface area contributed by atoms with Crippen molar-refractivity contribution in [3.63, 3.8) is 0 Å². The number of nitrogens with zero attached hydrogens (tertiary/aromatic N) is 1. The maximum absolute atomic E-state index is 12.5. The fourth-order valence-electron chi connectivity index (χ4n) is 2.80. The van der Waals surface area contributed by atoms with E-state index < -0.39 is 10.0 Å². The summed E-state index contributed by atoms with van der Waals surface area (Å²) in [7, 11) is -3.41. The lowest BCUT2D eigenvalue weighted by atomic mass is 9.97. The van der Waals surface area contributed by atoms with E-state index in [1.54, 1.807) is 23.8 Å². The first-order valence-corrected chi connectivity index (χ1v) is 10.2. The highest BCUT2D eigenvalue weighted by Gasteiger charge is 2.32. The number of hydrogen-bond acceptors (Lipinski definition) is 5. The summed E-state index contributed by atoms with van der Waals surface area (Å²) in [5.74, 6) is 0.707. The molecule has 24 heavy (non-hydrogen) atoms. The number of sulfonamides is 1. The van der Waals surface area contributed by atoms with E-state index in [1.807, 2.05) is 12.1 Å². The summed E-state index contributed by atoms with van der Waals surface area (Å²) in [5, 5.41) is 4.66. The Kier molecular flexibility index (Phi) is 5.37. The van der Waals surface area contributed by atoms with Gasteiger partial charge in [-0.05, 0) is 36.4 Å². The molecule has 1 N–H and O–H groups in total. The van der Waals surface area contributed by atoms with Crippen LogP contribution in [0.2, 0.25) is 0 Å². The highest BCUT2D eigenvalue weighted by molar-refractivity contribution is 7.91. The van der Waals surface area contributed by atoms with E-state index in [0.717, 1.165) is 5.76 Å². The van der Waals surface area contributed by atoms with E-state index in [4.69, 9.17) is 4.42 Å². The summed E-state index contributed by atoms with van der Waals surface area (Å²) >= 11 is 1.22. The zero-order chi connectivity index (χ0) is 17.0. The smallest absolute Gasteiger partial charge is 0.252 e. The first-order chi connectivity index (χ1) is 11.6. The molecule has 0 atom stereocenters. The zero-order valence-corrected chi connectivity index (χ0v) is 14.8. The Morgan fingerprint density at radius 1 is 1.29 bits per heavy atom. The Balaban J connectivity index is 1.47.